The molecule has 2 heterocycles. The summed E-state index contributed by atoms with van der Waals surface area (Å²) < 4.78 is 24.9. The van der Waals surface area contributed by atoms with E-state index in [2.05, 4.69) is 30.9 Å². The SMILES string of the molecule is C[C@@H](CC#CC1CC1)C(/C=C/[C@@H]1[C@@H](CCCCCCC(=O)O)[C@@H](O)C[C@H]1OC1CCCCO1)OC1CCCCO1. The van der Waals surface area contributed by atoms with Crippen molar-refractivity contribution in [2.75, 3.05) is 13.2 Å². The van der Waals surface area contributed by atoms with E-state index < -0.39 is 12.1 Å². The number of hydrogen-bond donors (Lipinski definition) is 2. The number of hydrogen-bond acceptors (Lipinski definition) is 6. The molecule has 2 saturated heterocycles. The summed E-state index contributed by atoms with van der Waals surface area (Å²) in [5, 5.41) is 20.0. The molecule has 3 unspecified atom stereocenters. The van der Waals surface area contributed by atoms with Crippen LogP contribution < -0.4 is 0 Å². The number of aliphatic carboxylic acids is 1. The number of carboxylic acids is 1. The van der Waals surface area contributed by atoms with Crippen molar-refractivity contribution < 1.29 is 34.0 Å². The molecule has 0 radical (unpaired) electrons. The fourth-order valence-electron chi connectivity index (χ4n) is 6.23. The summed E-state index contributed by atoms with van der Waals surface area (Å²) in [5.41, 5.74) is 0. The Morgan fingerprint density at radius 2 is 1.73 bits per heavy atom. The predicted octanol–water partition coefficient (Wildman–Crippen LogP) is 6.23. The van der Waals surface area contributed by atoms with E-state index in [4.69, 9.17) is 24.1 Å². The van der Waals surface area contributed by atoms with Crippen LogP contribution in [0.1, 0.15) is 110 Å². The molecule has 2 aliphatic carbocycles. The molecule has 4 aliphatic rings. The van der Waals surface area contributed by atoms with E-state index in [-0.39, 0.29) is 49.0 Å². The first-order chi connectivity index (χ1) is 19.5. The van der Waals surface area contributed by atoms with Gasteiger partial charge in [-0.3, -0.25) is 4.79 Å². The Hall–Kier alpha value is -1.43. The molecule has 4 rings (SSSR count). The molecule has 2 aliphatic heterocycles. The summed E-state index contributed by atoms with van der Waals surface area (Å²) >= 11 is 0. The third-order valence-corrected chi connectivity index (χ3v) is 8.87. The molecule has 2 N–H and O–H groups in total. The summed E-state index contributed by atoms with van der Waals surface area (Å²) in [5.74, 6) is 7.05. The van der Waals surface area contributed by atoms with Crippen molar-refractivity contribution in [3.05, 3.63) is 12.2 Å². The topological polar surface area (TPSA) is 94.5 Å². The molecule has 226 valence electrons. The first-order valence-electron chi connectivity index (χ1n) is 16.1. The van der Waals surface area contributed by atoms with E-state index in [0.717, 1.165) is 83.8 Å². The molecular weight excluding hydrogens is 508 g/mol. The second-order valence-electron chi connectivity index (χ2n) is 12.4. The molecule has 7 heteroatoms. The van der Waals surface area contributed by atoms with E-state index in [1.165, 1.54) is 12.8 Å². The molecule has 4 fully saturated rings. The molecule has 0 aromatic carbocycles. The average molecular weight is 561 g/mol. The van der Waals surface area contributed by atoms with Gasteiger partial charge in [0.15, 0.2) is 12.6 Å². The van der Waals surface area contributed by atoms with Crippen molar-refractivity contribution in [2.45, 2.75) is 141 Å². The summed E-state index contributed by atoms with van der Waals surface area (Å²) in [6.45, 7) is 3.69. The lowest BCUT2D eigenvalue weighted by Crippen LogP contribution is -2.32. The van der Waals surface area contributed by atoms with Gasteiger partial charge in [0.25, 0.3) is 0 Å². The maximum absolute atomic E-state index is 11.1. The number of unbranched alkanes of at least 4 members (excludes halogenated alkanes) is 3. The van der Waals surface area contributed by atoms with Gasteiger partial charge in [0.05, 0.1) is 18.3 Å². The first kappa shape index (κ1) is 31.5. The molecule has 0 aromatic heterocycles. The zero-order chi connectivity index (χ0) is 28.2. The van der Waals surface area contributed by atoms with Gasteiger partial charge >= 0.3 is 5.97 Å². The minimum atomic E-state index is -0.732. The van der Waals surface area contributed by atoms with Gasteiger partial charge in [-0.2, -0.15) is 0 Å². The van der Waals surface area contributed by atoms with Crippen LogP contribution in [0.2, 0.25) is 0 Å². The third kappa shape index (κ3) is 10.8. The average Bonchev–Trinajstić information content (AvgIpc) is 3.73. The number of rotatable bonds is 15. The van der Waals surface area contributed by atoms with Gasteiger partial charge in [0.1, 0.15) is 0 Å². The van der Waals surface area contributed by atoms with Crippen molar-refractivity contribution in [1.82, 2.24) is 0 Å². The van der Waals surface area contributed by atoms with Gasteiger partial charge < -0.3 is 29.2 Å². The monoisotopic (exact) mass is 560 g/mol. The highest BCUT2D eigenvalue weighted by atomic mass is 16.7. The van der Waals surface area contributed by atoms with Gasteiger partial charge in [-0.1, -0.05) is 44.3 Å². The molecule has 0 aromatic rings. The van der Waals surface area contributed by atoms with Crippen molar-refractivity contribution in [2.24, 2.45) is 23.7 Å². The smallest absolute Gasteiger partial charge is 0.303 e. The Kier molecular flexibility index (Phi) is 13.3. The highest BCUT2D eigenvalue weighted by Crippen LogP contribution is 2.40. The van der Waals surface area contributed by atoms with E-state index in [0.29, 0.717) is 18.8 Å². The van der Waals surface area contributed by atoms with Crippen LogP contribution in [0.3, 0.4) is 0 Å². The summed E-state index contributed by atoms with van der Waals surface area (Å²) in [7, 11) is 0. The normalized spacial score (nSPS) is 32.5. The fraction of sp³-hybridized carbons (Fsp3) is 0.848. The largest absolute Gasteiger partial charge is 0.481 e. The minimum absolute atomic E-state index is 0.0719. The number of aliphatic hydroxyl groups excluding tert-OH is 1. The van der Waals surface area contributed by atoms with Crippen molar-refractivity contribution >= 4 is 5.97 Å². The van der Waals surface area contributed by atoms with Gasteiger partial charge in [0.2, 0.25) is 0 Å². The Balaban J connectivity index is 1.42. The number of carbonyl (C=O) groups is 1. The highest BCUT2D eigenvalue weighted by molar-refractivity contribution is 5.66. The molecule has 40 heavy (non-hydrogen) atoms. The van der Waals surface area contributed by atoms with Crippen LogP contribution in [0.5, 0.6) is 0 Å². The molecular formula is C33H52O7. The van der Waals surface area contributed by atoms with E-state index in [1.54, 1.807) is 0 Å². The molecule has 8 atom stereocenters. The van der Waals surface area contributed by atoms with Crippen molar-refractivity contribution in [3.63, 3.8) is 0 Å². The molecule has 2 saturated carbocycles. The van der Waals surface area contributed by atoms with E-state index in [1.807, 2.05) is 0 Å². The first-order valence-corrected chi connectivity index (χ1v) is 16.1. The molecule has 7 nitrogen and oxygen atoms in total. The Labute approximate surface area is 241 Å². The van der Waals surface area contributed by atoms with Gasteiger partial charge in [-0.05, 0) is 76.0 Å². The lowest BCUT2D eigenvalue weighted by Gasteiger charge is -2.31. The maximum atomic E-state index is 11.1. The minimum Gasteiger partial charge on any atom is -0.481 e. The standard InChI is InChI=1S/C33H52O7/c1-24(11-10-12-25-17-18-25)29(39-32-15-6-8-21-37-32)20-19-27-26(13-4-2-3-5-14-31(35)36)28(34)23-30(27)40-33-16-7-9-22-38-33/h19-20,24-30,32-34H,2-9,11,13-18,21-23H2,1H3,(H,35,36)/b20-19+/t24-,26+,27+,28-,29?,30+,32?,33?/m0/s1. The fourth-order valence-corrected chi connectivity index (χ4v) is 6.23. The Morgan fingerprint density at radius 1 is 1.00 bits per heavy atom. The van der Waals surface area contributed by atoms with Crippen LogP contribution in [0.15, 0.2) is 12.2 Å². The van der Waals surface area contributed by atoms with Crippen LogP contribution in [-0.4, -0.2) is 60.3 Å². The molecule has 0 spiro atoms. The zero-order valence-electron chi connectivity index (χ0n) is 24.5. The number of aliphatic hydroxyl groups is 1. The number of carboxylic acid groups (broad SMARTS) is 1. The number of ether oxygens (including phenoxy) is 4. The second-order valence-corrected chi connectivity index (χ2v) is 12.4. The molecule has 0 amide bonds. The summed E-state index contributed by atoms with van der Waals surface area (Å²) in [4.78, 5) is 10.8. The lowest BCUT2D eigenvalue weighted by molar-refractivity contribution is -0.193. The van der Waals surface area contributed by atoms with Crippen LogP contribution >= 0.6 is 0 Å². The second kappa shape index (κ2) is 16.9. The van der Waals surface area contributed by atoms with Crippen LogP contribution in [0, 0.1) is 35.5 Å². The van der Waals surface area contributed by atoms with Crippen LogP contribution in [-0.2, 0) is 23.7 Å². The zero-order valence-corrected chi connectivity index (χ0v) is 24.5. The Bertz CT molecular complexity index is 831. The van der Waals surface area contributed by atoms with Gasteiger partial charge in [0, 0.05) is 44.3 Å². The summed E-state index contributed by atoms with van der Waals surface area (Å²) in [6, 6.07) is 0. The quantitative estimate of drug-likeness (QED) is 0.139. The molecule has 0 bridgehead atoms. The van der Waals surface area contributed by atoms with Crippen molar-refractivity contribution in [1.29, 1.82) is 0 Å². The van der Waals surface area contributed by atoms with Crippen LogP contribution in [0.4, 0.5) is 0 Å². The lowest BCUT2D eigenvalue weighted by atomic mass is 9.87. The van der Waals surface area contributed by atoms with Crippen LogP contribution in [0.25, 0.3) is 0 Å². The van der Waals surface area contributed by atoms with E-state index in [9.17, 15) is 9.90 Å². The van der Waals surface area contributed by atoms with Gasteiger partial charge in [-0.15, -0.1) is 5.92 Å². The summed E-state index contributed by atoms with van der Waals surface area (Å²) in [6.07, 6.45) is 18.2. The highest BCUT2D eigenvalue weighted by Gasteiger charge is 2.43. The predicted molar refractivity (Wildman–Crippen MR) is 153 cm³/mol. The third-order valence-electron chi connectivity index (χ3n) is 8.87. The van der Waals surface area contributed by atoms with Crippen molar-refractivity contribution in [3.8, 4) is 11.8 Å². The Morgan fingerprint density at radius 3 is 2.40 bits per heavy atom. The van der Waals surface area contributed by atoms with E-state index >= 15 is 0 Å². The maximum Gasteiger partial charge on any atom is 0.303 e. The van der Waals surface area contributed by atoms with Gasteiger partial charge in [-0.25, -0.2) is 0 Å².